The average Bonchev–Trinajstić information content (AvgIpc) is 2.40. The molecule has 3 heteroatoms. The van der Waals surface area contributed by atoms with E-state index in [1.807, 2.05) is 37.3 Å². The summed E-state index contributed by atoms with van der Waals surface area (Å²) in [6.45, 7) is 2.58. The van der Waals surface area contributed by atoms with Gasteiger partial charge in [-0.2, -0.15) is 0 Å². The van der Waals surface area contributed by atoms with Gasteiger partial charge in [0.2, 0.25) is 0 Å². The maximum absolute atomic E-state index is 13.1. The quantitative estimate of drug-likeness (QED) is 0.865. The third-order valence-electron chi connectivity index (χ3n) is 2.91. The molecule has 0 aliphatic carbocycles. The number of phenols is 1. The first kappa shape index (κ1) is 12.6. The highest BCUT2D eigenvalue weighted by Crippen LogP contribution is 2.24. The summed E-state index contributed by atoms with van der Waals surface area (Å²) in [5, 5.41) is 13.0. The lowest BCUT2D eigenvalue weighted by atomic mass is 10.1. The van der Waals surface area contributed by atoms with Crippen LogP contribution in [0.1, 0.15) is 24.1 Å². The van der Waals surface area contributed by atoms with Gasteiger partial charge in [0.05, 0.1) is 0 Å². The molecule has 0 saturated carbocycles. The zero-order chi connectivity index (χ0) is 13.0. The number of halogens is 1. The third-order valence-corrected chi connectivity index (χ3v) is 2.91. The van der Waals surface area contributed by atoms with Crippen LogP contribution in [0.4, 0.5) is 4.39 Å². The van der Waals surface area contributed by atoms with Crippen LogP contribution in [0.2, 0.25) is 0 Å². The molecular weight excluding hydrogens is 229 g/mol. The Bertz CT molecular complexity index is 513. The maximum atomic E-state index is 13.1. The molecule has 0 heterocycles. The lowest BCUT2D eigenvalue weighted by molar-refractivity contribution is 0.449. The minimum Gasteiger partial charge on any atom is -0.508 e. The van der Waals surface area contributed by atoms with Crippen molar-refractivity contribution in [2.45, 2.75) is 19.5 Å². The summed E-state index contributed by atoms with van der Waals surface area (Å²) in [6.07, 6.45) is 0. The zero-order valence-electron chi connectivity index (χ0n) is 10.2. The van der Waals surface area contributed by atoms with E-state index in [1.54, 1.807) is 0 Å². The molecule has 0 aliphatic rings. The van der Waals surface area contributed by atoms with Gasteiger partial charge in [-0.3, -0.25) is 0 Å². The van der Waals surface area contributed by atoms with E-state index in [-0.39, 0.29) is 17.6 Å². The van der Waals surface area contributed by atoms with Crippen molar-refractivity contribution >= 4 is 0 Å². The molecule has 0 amide bonds. The van der Waals surface area contributed by atoms with Gasteiger partial charge in [0.15, 0.2) is 0 Å². The van der Waals surface area contributed by atoms with E-state index < -0.39 is 0 Å². The minimum absolute atomic E-state index is 0.110. The van der Waals surface area contributed by atoms with Crippen LogP contribution in [-0.2, 0) is 6.54 Å². The van der Waals surface area contributed by atoms with E-state index in [0.29, 0.717) is 12.1 Å². The monoisotopic (exact) mass is 245 g/mol. The molecule has 18 heavy (non-hydrogen) atoms. The van der Waals surface area contributed by atoms with Crippen LogP contribution < -0.4 is 5.32 Å². The van der Waals surface area contributed by atoms with Crippen LogP contribution in [0, 0.1) is 5.82 Å². The molecule has 2 aromatic carbocycles. The molecule has 0 saturated heterocycles. The highest BCUT2D eigenvalue weighted by Gasteiger charge is 2.10. The SMILES string of the molecule is CC(NCc1ccccc1)c1cc(F)ccc1O. The van der Waals surface area contributed by atoms with E-state index in [1.165, 1.54) is 18.2 Å². The fourth-order valence-corrected chi connectivity index (χ4v) is 1.85. The standard InChI is InChI=1S/C15H16FNO/c1-11(14-9-13(16)7-8-15(14)18)17-10-12-5-3-2-4-6-12/h2-9,11,17-18H,10H2,1H3. The van der Waals surface area contributed by atoms with Gasteiger partial charge in [0, 0.05) is 18.2 Å². The van der Waals surface area contributed by atoms with Gasteiger partial charge < -0.3 is 10.4 Å². The molecule has 0 fully saturated rings. The molecule has 2 rings (SSSR count). The van der Waals surface area contributed by atoms with Crippen LogP contribution in [0.3, 0.4) is 0 Å². The number of benzene rings is 2. The van der Waals surface area contributed by atoms with Crippen LogP contribution in [-0.4, -0.2) is 5.11 Å². The molecule has 2 N–H and O–H groups in total. The second kappa shape index (κ2) is 5.65. The summed E-state index contributed by atoms with van der Waals surface area (Å²) in [5.41, 5.74) is 1.73. The van der Waals surface area contributed by atoms with Crippen molar-refractivity contribution in [3.8, 4) is 5.75 Å². The number of nitrogens with one attached hydrogen (secondary N) is 1. The summed E-state index contributed by atoms with van der Waals surface area (Å²) in [7, 11) is 0. The fourth-order valence-electron chi connectivity index (χ4n) is 1.85. The van der Waals surface area contributed by atoms with Crippen molar-refractivity contribution < 1.29 is 9.50 Å². The number of hydrogen-bond donors (Lipinski definition) is 2. The van der Waals surface area contributed by atoms with Crippen molar-refractivity contribution in [3.63, 3.8) is 0 Å². The topological polar surface area (TPSA) is 32.3 Å². The van der Waals surface area contributed by atoms with Crippen molar-refractivity contribution in [2.75, 3.05) is 0 Å². The van der Waals surface area contributed by atoms with Gasteiger partial charge in [0.25, 0.3) is 0 Å². The molecular formula is C15H16FNO. The summed E-state index contributed by atoms with van der Waals surface area (Å²) < 4.78 is 13.1. The zero-order valence-corrected chi connectivity index (χ0v) is 10.2. The smallest absolute Gasteiger partial charge is 0.123 e. The Balaban J connectivity index is 2.03. The van der Waals surface area contributed by atoms with E-state index >= 15 is 0 Å². The van der Waals surface area contributed by atoms with Crippen LogP contribution in [0.25, 0.3) is 0 Å². The van der Waals surface area contributed by atoms with E-state index in [0.717, 1.165) is 5.56 Å². The van der Waals surface area contributed by atoms with E-state index in [2.05, 4.69) is 5.32 Å². The molecule has 1 unspecified atom stereocenters. The van der Waals surface area contributed by atoms with E-state index in [9.17, 15) is 9.50 Å². The van der Waals surface area contributed by atoms with E-state index in [4.69, 9.17) is 0 Å². The Hall–Kier alpha value is -1.87. The van der Waals surface area contributed by atoms with Gasteiger partial charge in [0.1, 0.15) is 11.6 Å². The molecule has 0 aromatic heterocycles. The maximum Gasteiger partial charge on any atom is 0.123 e. The fraction of sp³-hybridized carbons (Fsp3) is 0.200. The molecule has 2 nitrogen and oxygen atoms in total. The van der Waals surface area contributed by atoms with Gasteiger partial charge >= 0.3 is 0 Å². The summed E-state index contributed by atoms with van der Waals surface area (Å²) >= 11 is 0. The van der Waals surface area contributed by atoms with Gasteiger partial charge in [-0.1, -0.05) is 30.3 Å². The van der Waals surface area contributed by atoms with Gasteiger partial charge in [-0.15, -0.1) is 0 Å². The van der Waals surface area contributed by atoms with Crippen molar-refractivity contribution in [1.82, 2.24) is 5.32 Å². The molecule has 2 aromatic rings. The summed E-state index contributed by atoms with van der Waals surface area (Å²) in [6, 6.07) is 13.8. The molecule has 0 aliphatic heterocycles. The van der Waals surface area contributed by atoms with Crippen LogP contribution >= 0.6 is 0 Å². The number of hydrogen-bond acceptors (Lipinski definition) is 2. The lowest BCUT2D eigenvalue weighted by Gasteiger charge is -2.15. The lowest BCUT2D eigenvalue weighted by Crippen LogP contribution is -2.18. The molecule has 0 bridgehead atoms. The van der Waals surface area contributed by atoms with Crippen molar-refractivity contribution in [3.05, 3.63) is 65.5 Å². The Morgan fingerprint density at radius 2 is 1.89 bits per heavy atom. The minimum atomic E-state index is -0.337. The van der Waals surface area contributed by atoms with Gasteiger partial charge in [-0.25, -0.2) is 4.39 Å². The molecule has 1 atom stereocenters. The Morgan fingerprint density at radius 1 is 1.17 bits per heavy atom. The Kier molecular flexibility index (Phi) is 3.95. The second-order valence-electron chi connectivity index (χ2n) is 4.29. The predicted octanol–water partition coefficient (Wildman–Crippen LogP) is 3.38. The first-order valence-corrected chi connectivity index (χ1v) is 5.92. The van der Waals surface area contributed by atoms with Crippen LogP contribution in [0.15, 0.2) is 48.5 Å². The number of aromatic hydroxyl groups is 1. The molecule has 94 valence electrons. The first-order chi connectivity index (χ1) is 8.66. The molecule has 0 spiro atoms. The highest BCUT2D eigenvalue weighted by atomic mass is 19.1. The normalized spacial score (nSPS) is 12.3. The average molecular weight is 245 g/mol. The largest absolute Gasteiger partial charge is 0.508 e. The first-order valence-electron chi connectivity index (χ1n) is 5.92. The van der Waals surface area contributed by atoms with Gasteiger partial charge in [-0.05, 0) is 30.7 Å². The molecule has 0 radical (unpaired) electrons. The predicted molar refractivity (Wildman–Crippen MR) is 69.8 cm³/mol. The van der Waals surface area contributed by atoms with Crippen molar-refractivity contribution in [2.24, 2.45) is 0 Å². The summed E-state index contributed by atoms with van der Waals surface area (Å²) in [4.78, 5) is 0. The number of rotatable bonds is 4. The summed E-state index contributed by atoms with van der Waals surface area (Å²) in [5.74, 6) is -0.222. The van der Waals surface area contributed by atoms with Crippen LogP contribution in [0.5, 0.6) is 5.75 Å². The highest BCUT2D eigenvalue weighted by molar-refractivity contribution is 5.35. The second-order valence-corrected chi connectivity index (χ2v) is 4.29. The Labute approximate surface area is 106 Å². The number of phenolic OH excluding ortho intramolecular Hbond substituents is 1. The third kappa shape index (κ3) is 3.08. The Morgan fingerprint density at radius 3 is 2.61 bits per heavy atom. The van der Waals surface area contributed by atoms with Crippen molar-refractivity contribution in [1.29, 1.82) is 0 Å².